The average molecular weight is 791 g/mol. The Labute approximate surface area is 348 Å². The van der Waals surface area contributed by atoms with Gasteiger partial charge in [0.05, 0.1) is 46.9 Å². The van der Waals surface area contributed by atoms with Crippen LogP contribution in [-0.4, -0.2) is 46.0 Å². The molecule has 3 N–H and O–H groups in total. The first kappa shape index (κ1) is 43.5. The Balaban J connectivity index is 1.16. The maximum Gasteiger partial charge on any atom is 0.305 e. The summed E-state index contributed by atoms with van der Waals surface area (Å²) in [6, 6.07) is 0. The van der Waals surface area contributed by atoms with Crippen molar-refractivity contribution in [1.29, 1.82) is 0 Å². The summed E-state index contributed by atoms with van der Waals surface area (Å²) >= 11 is 0. The van der Waals surface area contributed by atoms with Crippen LogP contribution in [0.1, 0.15) is 171 Å². The molecule has 1 saturated heterocycles. The molecule has 1 aliphatic carbocycles. The number of carbonyl (C=O) groups is 1. The molecular formula is C50H70N4O4. The second-order valence-corrected chi connectivity index (χ2v) is 17.5. The maximum absolute atomic E-state index is 13.2. The molecule has 5 heterocycles. The van der Waals surface area contributed by atoms with E-state index in [0.29, 0.717) is 31.6 Å². The molecule has 0 amide bonds. The van der Waals surface area contributed by atoms with Gasteiger partial charge < -0.3 is 20.3 Å². The van der Waals surface area contributed by atoms with Crippen LogP contribution in [0.2, 0.25) is 0 Å². The lowest BCUT2D eigenvalue weighted by atomic mass is 9.85. The Morgan fingerprint density at radius 1 is 0.793 bits per heavy atom. The third-order valence-corrected chi connectivity index (χ3v) is 13.3. The molecule has 6 aliphatic rings. The number of nitrogens with zero attached hydrogens (tertiary/aromatic N) is 3. The van der Waals surface area contributed by atoms with Crippen molar-refractivity contribution in [3.8, 4) is 0 Å². The highest BCUT2D eigenvalue weighted by molar-refractivity contribution is 6.21. The van der Waals surface area contributed by atoms with Crippen molar-refractivity contribution in [3.05, 3.63) is 91.0 Å². The molecule has 5 aliphatic heterocycles. The van der Waals surface area contributed by atoms with Crippen LogP contribution in [0.3, 0.4) is 0 Å². The Morgan fingerprint density at radius 2 is 1.43 bits per heavy atom. The summed E-state index contributed by atoms with van der Waals surface area (Å²) in [4.78, 5) is 28.7. The van der Waals surface area contributed by atoms with Gasteiger partial charge in [0.25, 0.3) is 0 Å². The summed E-state index contributed by atoms with van der Waals surface area (Å²) in [5.74, 6) is 0.197. The molecule has 8 bridgehead atoms. The third kappa shape index (κ3) is 9.38. The van der Waals surface area contributed by atoms with Crippen LogP contribution in [0.15, 0.2) is 106 Å². The van der Waals surface area contributed by atoms with Gasteiger partial charge in [-0.05, 0) is 93.9 Å². The van der Waals surface area contributed by atoms with Crippen LogP contribution in [0.25, 0.3) is 0 Å². The number of rotatable bonds is 20. The number of unbranched alkanes of at least 4 members (excludes halogenated alkanes) is 13. The molecule has 0 aromatic rings. The molecule has 0 aromatic heterocycles. The van der Waals surface area contributed by atoms with E-state index in [9.17, 15) is 15.0 Å². The van der Waals surface area contributed by atoms with Crippen LogP contribution in [0, 0.1) is 11.8 Å². The molecule has 0 saturated carbocycles. The largest absolute Gasteiger partial charge is 0.511 e. The van der Waals surface area contributed by atoms with Gasteiger partial charge in [0.15, 0.2) is 0 Å². The van der Waals surface area contributed by atoms with Gasteiger partial charge in [0.1, 0.15) is 5.76 Å². The van der Waals surface area contributed by atoms with E-state index in [-0.39, 0.29) is 17.8 Å². The van der Waals surface area contributed by atoms with Gasteiger partial charge in [-0.2, -0.15) is 0 Å². The number of hydrogen-bond donors (Lipinski definition) is 3. The number of nitrogens with one attached hydrogen (secondary N) is 1. The highest BCUT2D eigenvalue weighted by Crippen LogP contribution is 2.47. The van der Waals surface area contributed by atoms with Crippen molar-refractivity contribution in [2.75, 3.05) is 6.61 Å². The molecule has 0 aromatic carbocycles. The Kier molecular flexibility index (Phi) is 14.9. The fraction of sp³-hybridized carbons (Fsp3) is 0.600. The van der Waals surface area contributed by atoms with E-state index in [0.717, 1.165) is 109 Å². The van der Waals surface area contributed by atoms with Crippen LogP contribution in [0.4, 0.5) is 0 Å². The lowest BCUT2D eigenvalue weighted by Crippen LogP contribution is -2.16. The average Bonchev–Trinajstić information content (AvgIpc) is 3.96. The molecule has 6 rings (SSSR count). The Morgan fingerprint density at radius 3 is 2.05 bits per heavy atom. The van der Waals surface area contributed by atoms with E-state index < -0.39 is 6.10 Å². The van der Waals surface area contributed by atoms with Crippen LogP contribution in [0.5, 0.6) is 0 Å². The van der Waals surface area contributed by atoms with Crippen molar-refractivity contribution < 1.29 is 19.7 Å². The van der Waals surface area contributed by atoms with E-state index >= 15 is 0 Å². The van der Waals surface area contributed by atoms with Gasteiger partial charge in [-0.3, -0.25) is 4.79 Å². The van der Waals surface area contributed by atoms with E-state index in [1.807, 2.05) is 19.9 Å². The van der Waals surface area contributed by atoms with Crippen molar-refractivity contribution in [3.63, 3.8) is 0 Å². The molecule has 8 nitrogen and oxygen atoms in total. The third-order valence-electron chi connectivity index (χ3n) is 13.3. The molecule has 58 heavy (non-hydrogen) atoms. The number of fused-ring (bicyclic) bond motifs is 5. The predicted molar refractivity (Wildman–Crippen MR) is 239 cm³/mol. The lowest BCUT2D eigenvalue weighted by molar-refractivity contribution is -0.144. The highest BCUT2D eigenvalue weighted by Gasteiger charge is 2.42. The smallest absolute Gasteiger partial charge is 0.305 e. The zero-order valence-electron chi connectivity index (χ0n) is 36.9. The quantitative estimate of drug-likeness (QED) is 0.0839. The summed E-state index contributed by atoms with van der Waals surface area (Å²) in [6.45, 7) is 17.2. The summed E-state index contributed by atoms with van der Waals surface area (Å²) in [6.07, 6.45) is 23.6. The zero-order chi connectivity index (χ0) is 41.5. The molecule has 0 spiro atoms. The number of aliphatic hydroxyl groups excluding tert-OH is 2. The highest BCUT2D eigenvalue weighted by atomic mass is 16.5. The number of ether oxygens (including phenoxy) is 1. The molecule has 3 unspecified atom stereocenters. The van der Waals surface area contributed by atoms with Crippen molar-refractivity contribution >= 4 is 23.1 Å². The number of carbonyl (C=O) groups excluding carboxylic acids is 1. The molecule has 0 radical (unpaired) electrons. The molecule has 8 heteroatoms. The molecule has 3 atom stereocenters. The summed E-state index contributed by atoms with van der Waals surface area (Å²) in [5.41, 5.74) is 14.7. The molecule has 314 valence electrons. The van der Waals surface area contributed by atoms with Gasteiger partial charge in [-0.25, -0.2) is 15.0 Å². The standard InChI is InChI=1S/C50H70N4O4/c1-9-11-12-13-14-15-16-17-18-19-20-21-22-23-26-58-44(57)25-24-37-31(4)47-34(7)48-33(6)45(35(8)55)42(53-48)29-39-30(3)36(10-2)41(51-39)28-40-32(5)46-43(56)27-38(49(37)54-47)50(46)52-40/h28-29,31,35,37,54-56H,9-27H2,1-8H3. The van der Waals surface area contributed by atoms with E-state index in [1.165, 1.54) is 77.0 Å². The lowest BCUT2D eigenvalue weighted by Gasteiger charge is -2.18. The molecule has 1 fully saturated rings. The SMILES string of the molecule is CCCCCCCCCCCCCCCCOC(=O)CCC1C2=C3CC(O)=C4C3=NC(=C4C)C=C3N=C(C=C4N=C(C(C)=C4C(C)O)C(C)=C(N2)C1C)C(C)=C3CC. The molecular weight excluding hydrogens is 721 g/mol. The fourth-order valence-electron chi connectivity index (χ4n) is 9.91. The first-order valence-corrected chi connectivity index (χ1v) is 22.8. The second-order valence-electron chi connectivity index (χ2n) is 17.5. The predicted octanol–water partition coefficient (Wildman–Crippen LogP) is 12.2. The van der Waals surface area contributed by atoms with Crippen molar-refractivity contribution in [2.24, 2.45) is 26.8 Å². The zero-order valence-corrected chi connectivity index (χ0v) is 36.9. The number of aliphatic imine (C=N–C) groups is 3. The monoisotopic (exact) mass is 791 g/mol. The van der Waals surface area contributed by atoms with Crippen LogP contribution >= 0.6 is 0 Å². The van der Waals surface area contributed by atoms with Gasteiger partial charge >= 0.3 is 5.97 Å². The van der Waals surface area contributed by atoms with Crippen LogP contribution < -0.4 is 5.32 Å². The second kappa shape index (κ2) is 19.8. The maximum atomic E-state index is 13.2. The number of allylic oxidation sites excluding steroid dienone is 11. The number of hydrogen-bond acceptors (Lipinski definition) is 8. The normalized spacial score (nSPS) is 22.0. The van der Waals surface area contributed by atoms with Crippen LogP contribution in [-0.2, 0) is 9.53 Å². The number of aliphatic hydroxyl groups is 2. The first-order valence-electron chi connectivity index (χ1n) is 22.8. The topological polar surface area (TPSA) is 116 Å². The number of esters is 1. The summed E-state index contributed by atoms with van der Waals surface area (Å²) in [5, 5.41) is 26.3. The minimum absolute atomic E-state index is 0.0156. The minimum atomic E-state index is -0.709. The fourth-order valence-corrected chi connectivity index (χ4v) is 9.91. The Bertz CT molecular complexity index is 1990. The summed E-state index contributed by atoms with van der Waals surface area (Å²) < 4.78 is 5.79. The van der Waals surface area contributed by atoms with E-state index in [1.54, 1.807) is 6.92 Å². The van der Waals surface area contributed by atoms with Gasteiger partial charge in [-0.15, -0.1) is 0 Å². The van der Waals surface area contributed by atoms with Crippen molar-refractivity contribution in [1.82, 2.24) is 5.32 Å². The summed E-state index contributed by atoms with van der Waals surface area (Å²) in [7, 11) is 0. The van der Waals surface area contributed by atoms with Gasteiger partial charge in [0.2, 0.25) is 0 Å². The van der Waals surface area contributed by atoms with Gasteiger partial charge in [0, 0.05) is 52.8 Å². The minimum Gasteiger partial charge on any atom is -0.511 e. The van der Waals surface area contributed by atoms with Crippen molar-refractivity contribution in [2.45, 2.75) is 177 Å². The Hall–Kier alpha value is -4.04. The van der Waals surface area contributed by atoms with Gasteiger partial charge in [-0.1, -0.05) is 104 Å². The van der Waals surface area contributed by atoms with E-state index in [4.69, 9.17) is 19.7 Å². The van der Waals surface area contributed by atoms with E-state index in [2.05, 4.69) is 46.0 Å². The first-order chi connectivity index (χ1) is 28.0.